The Kier molecular flexibility index (Phi) is 2.78. The van der Waals surface area contributed by atoms with Crippen molar-refractivity contribution in [2.45, 2.75) is 51.0 Å². The maximum Gasteiger partial charge on any atom is 0.115 e. The van der Waals surface area contributed by atoms with Crippen LogP contribution in [0.2, 0.25) is 0 Å². The van der Waals surface area contributed by atoms with E-state index in [2.05, 4.69) is 37.8 Å². The molecule has 0 unspecified atom stereocenters. The summed E-state index contributed by atoms with van der Waals surface area (Å²) in [4.78, 5) is 2.70. The van der Waals surface area contributed by atoms with Crippen LogP contribution in [0, 0.1) is 5.92 Å². The normalized spacial score (nSPS) is 38.4. The number of hydrogen-bond donors (Lipinski definition) is 1. The lowest BCUT2D eigenvalue weighted by Gasteiger charge is -2.57. The van der Waals surface area contributed by atoms with Crippen LogP contribution in [-0.4, -0.2) is 29.1 Å². The highest BCUT2D eigenvalue weighted by Crippen LogP contribution is 2.55. The van der Waals surface area contributed by atoms with Crippen molar-refractivity contribution in [2.24, 2.45) is 5.92 Å². The molecule has 2 heterocycles. The van der Waals surface area contributed by atoms with E-state index >= 15 is 0 Å². The lowest BCUT2D eigenvalue weighted by Crippen LogP contribution is -2.59. The van der Waals surface area contributed by atoms with Gasteiger partial charge in [-0.2, -0.15) is 0 Å². The largest absolute Gasteiger partial charge is 0.508 e. The van der Waals surface area contributed by atoms with Gasteiger partial charge in [0.25, 0.3) is 0 Å². The minimum Gasteiger partial charge on any atom is -0.508 e. The van der Waals surface area contributed by atoms with Crippen LogP contribution in [0.25, 0.3) is 0 Å². The average Bonchev–Trinajstić information content (AvgIpc) is 2.62. The van der Waals surface area contributed by atoms with Crippen molar-refractivity contribution < 1.29 is 5.11 Å². The Hall–Kier alpha value is -1.28. The van der Waals surface area contributed by atoms with Gasteiger partial charge in [0, 0.05) is 18.5 Å². The highest BCUT2D eigenvalue weighted by molar-refractivity contribution is 5.47. The Labute approximate surface area is 127 Å². The maximum atomic E-state index is 10.00. The minimum atomic E-state index is 0.212. The van der Waals surface area contributed by atoms with E-state index < -0.39 is 0 Å². The predicted octanol–water partition coefficient (Wildman–Crippen LogP) is 3.81. The van der Waals surface area contributed by atoms with Crippen LogP contribution in [0.15, 0.2) is 29.8 Å². The van der Waals surface area contributed by atoms with Crippen molar-refractivity contribution in [2.75, 3.05) is 13.1 Å². The van der Waals surface area contributed by atoms with E-state index in [9.17, 15) is 5.11 Å². The molecular formula is C19H25NO. The number of phenolic OH excluding ortho intramolecular Hbond substituents is 1. The van der Waals surface area contributed by atoms with Crippen molar-refractivity contribution in [3.8, 4) is 5.75 Å². The first-order chi connectivity index (χ1) is 10.0. The van der Waals surface area contributed by atoms with Crippen LogP contribution >= 0.6 is 0 Å². The van der Waals surface area contributed by atoms with Crippen molar-refractivity contribution in [1.29, 1.82) is 0 Å². The van der Waals surface area contributed by atoms with Gasteiger partial charge < -0.3 is 5.11 Å². The molecule has 3 aliphatic rings. The maximum absolute atomic E-state index is 10.00. The lowest BCUT2D eigenvalue weighted by atomic mass is 9.55. The van der Waals surface area contributed by atoms with Crippen LogP contribution in [0.4, 0.5) is 0 Å². The molecule has 2 heteroatoms. The van der Waals surface area contributed by atoms with E-state index in [0.717, 1.165) is 6.54 Å². The molecular weight excluding hydrogens is 258 g/mol. The summed E-state index contributed by atoms with van der Waals surface area (Å²) >= 11 is 0. The van der Waals surface area contributed by atoms with E-state index in [-0.39, 0.29) is 5.41 Å². The molecule has 0 saturated carbocycles. The average molecular weight is 283 g/mol. The number of benzene rings is 1. The molecule has 2 nitrogen and oxygen atoms in total. The minimum absolute atomic E-state index is 0.212. The Balaban J connectivity index is 1.95. The molecule has 2 aliphatic heterocycles. The van der Waals surface area contributed by atoms with Gasteiger partial charge in [0.2, 0.25) is 0 Å². The predicted molar refractivity (Wildman–Crippen MR) is 85.7 cm³/mol. The fourth-order valence-corrected chi connectivity index (χ4v) is 5.12. The number of hydrogen-bond acceptors (Lipinski definition) is 2. The first-order valence-electron chi connectivity index (χ1n) is 8.24. The topological polar surface area (TPSA) is 23.5 Å². The van der Waals surface area contributed by atoms with Crippen molar-refractivity contribution in [1.82, 2.24) is 4.90 Å². The monoisotopic (exact) mass is 283 g/mol. The third-order valence-corrected chi connectivity index (χ3v) is 6.54. The van der Waals surface area contributed by atoms with E-state index in [1.807, 2.05) is 12.1 Å². The number of rotatable bonds is 0. The van der Waals surface area contributed by atoms with Crippen LogP contribution in [0.1, 0.15) is 50.7 Å². The second-order valence-corrected chi connectivity index (χ2v) is 7.57. The zero-order valence-electron chi connectivity index (χ0n) is 13.3. The lowest BCUT2D eigenvalue weighted by molar-refractivity contribution is 0.0238. The molecule has 1 aliphatic carbocycles. The molecule has 21 heavy (non-hydrogen) atoms. The molecule has 1 aromatic carbocycles. The highest BCUT2D eigenvalue weighted by atomic mass is 16.3. The van der Waals surface area contributed by atoms with Gasteiger partial charge >= 0.3 is 0 Å². The summed E-state index contributed by atoms with van der Waals surface area (Å²) in [6.45, 7) is 9.41. The van der Waals surface area contributed by atoms with Gasteiger partial charge in [-0.1, -0.05) is 31.6 Å². The Bertz CT molecular complexity index is 620. The molecule has 0 radical (unpaired) electrons. The van der Waals surface area contributed by atoms with Crippen LogP contribution in [0.3, 0.4) is 0 Å². The van der Waals surface area contributed by atoms with E-state index in [4.69, 9.17) is 0 Å². The Morgan fingerprint density at radius 3 is 2.95 bits per heavy atom. The summed E-state index contributed by atoms with van der Waals surface area (Å²) in [6.07, 6.45) is 4.79. The number of aromatic hydroxyl groups is 1. The van der Waals surface area contributed by atoms with Crippen molar-refractivity contribution in [3.63, 3.8) is 0 Å². The molecule has 1 N–H and O–H groups in total. The molecule has 0 spiro atoms. The fourth-order valence-electron chi connectivity index (χ4n) is 5.12. The van der Waals surface area contributed by atoms with Crippen LogP contribution < -0.4 is 0 Å². The molecule has 112 valence electrons. The fraction of sp³-hybridized carbons (Fsp3) is 0.579. The number of nitrogens with zero attached hydrogens (tertiary/aromatic N) is 1. The summed E-state index contributed by atoms with van der Waals surface area (Å²) in [5.41, 5.74) is 4.62. The van der Waals surface area contributed by atoms with Crippen molar-refractivity contribution in [3.05, 3.63) is 41.0 Å². The number of allylic oxidation sites excluding steroid dienone is 1. The Morgan fingerprint density at radius 1 is 1.33 bits per heavy atom. The van der Waals surface area contributed by atoms with Gasteiger partial charge in [0.05, 0.1) is 0 Å². The molecule has 0 amide bonds. The van der Waals surface area contributed by atoms with Gasteiger partial charge in [-0.05, 0) is 60.9 Å². The zero-order valence-corrected chi connectivity index (χ0v) is 13.3. The van der Waals surface area contributed by atoms with Gasteiger partial charge in [-0.25, -0.2) is 0 Å². The molecule has 1 aromatic rings. The number of phenols is 1. The molecule has 2 bridgehead atoms. The van der Waals surface area contributed by atoms with E-state index in [0.29, 0.717) is 23.6 Å². The Morgan fingerprint density at radius 2 is 2.14 bits per heavy atom. The first kappa shape index (κ1) is 13.4. The van der Waals surface area contributed by atoms with Crippen molar-refractivity contribution >= 4 is 0 Å². The third kappa shape index (κ3) is 1.75. The molecule has 4 atom stereocenters. The number of piperidine rings is 1. The summed E-state index contributed by atoms with van der Waals surface area (Å²) in [6, 6.07) is 6.76. The van der Waals surface area contributed by atoms with Crippen LogP contribution in [0.5, 0.6) is 5.75 Å². The SMILES string of the molecule is CC1=CCN2CC[C@@]3(C)c4cc(O)ccc4[C@H](C1)[C@H]2[C@H]3C. The zero-order chi connectivity index (χ0) is 14.8. The smallest absolute Gasteiger partial charge is 0.115 e. The van der Waals surface area contributed by atoms with E-state index in [1.165, 1.54) is 36.1 Å². The van der Waals surface area contributed by atoms with Gasteiger partial charge in [0.15, 0.2) is 0 Å². The van der Waals surface area contributed by atoms with Crippen LogP contribution in [-0.2, 0) is 5.41 Å². The highest BCUT2D eigenvalue weighted by Gasteiger charge is 2.52. The molecule has 0 aromatic heterocycles. The summed E-state index contributed by atoms with van der Waals surface area (Å²) in [5.74, 6) is 1.65. The first-order valence-corrected chi connectivity index (χ1v) is 8.24. The summed E-state index contributed by atoms with van der Waals surface area (Å²) < 4.78 is 0. The molecule has 1 fully saturated rings. The van der Waals surface area contributed by atoms with Gasteiger partial charge in [0.1, 0.15) is 5.75 Å². The second kappa shape index (κ2) is 4.36. The molecule has 4 rings (SSSR count). The van der Waals surface area contributed by atoms with E-state index in [1.54, 1.807) is 0 Å². The summed E-state index contributed by atoms with van der Waals surface area (Å²) in [5, 5.41) is 10.00. The number of fused-ring (bicyclic) bond motifs is 4. The quantitative estimate of drug-likeness (QED) is 0.732. The standard InChI is InChI=1S/C19H25NO/c1-12-6-8-20-9-7-19(3)13(2)18(20)16(10-12)15-5-4-14(21)11-17(15)19/h4-6,11,13,16,18,21H,7-10H2,1-3H3/t13-,16+,18-,19-/m1/s1. The molecule has 1 saturated heterocycles. The summed E-state index contributed by atoms with van der Waals surface area (Å²) in [7, 11) is 0. The third-order valence-electron chi connectivity index (χ3n) is 6.54. The van der Waals surface area contributed by atoms with Gasteiger partial charge in [-0.15, -0.1) is 0 Å². The van der Waals surface area contributed by atoms with Gasteiger partial charge in [-0.3, -0.25) is 4.90 Å². The second-order valence-electron chi connectivity index (χ2n) is 7.57.